The lowest BCUT2D eigenvalue weighted by molar-refractivity contribution is 0.171. The highest BCUT2D eigenvalue weighted by Crippen LogP contribution is 2.38. The highest BCUT2D eigenvalue weighted by atomic mass is 16.6. The molecule has 2 aliphatic rings. The maximum Gasteiger partial charge on any atom is 0.404 e. The molecule has 0 bridgehead atoms. The van der Waals surface area contributed by atoms with E-state index in [1.54, 1.807) is 0 Å². The highest BCUT2D eigenvalue weighted by Gasteiger charge is 2.25. The molecule has 0 saturated heterocycles. The van der Waals surface area contributed by atoms with Gasteiger partial charge in [-0.1, -0.05) is 12.5 Å². The molecule has 2 unspecified atom stereocenters. The summed E-state index contributed by atoms with van der Waals surface area (Å²) in [4.78, 5) is 10.8. The van der Waals surface area contributed by atoms with Crippen LogP contribution in [0.1, 0.15) is 37.2 Å². The van der Waals surface area contributed by atoms with Crippen LogP contribution in [-0.4, -0.2) is 30.5 Å². The lowest BCUT2D eigenvalue weighted by atomic mass is 9.81. The van der Waals surface area contributed by atoms with Crippen LogP contribution in [0.25, 0.3) is 0 Å². The van der Waals surface area contributed by atoms with Crippen molar-refractivity contribution in [1.29, 1.82) is 0 Å². The first kappa shape index (κ1) is 13.1. The second kappa shape index (κ2) is 5.61. The molecule has 1 aliphatic carbocycles. The van der Waals surface area contributed by atoms with Crippen molar-refractivity contribution >= 4 is 6.09 Å². The van der Waals surface area contributed by atoms with Gasteiger partial charge in [0.1, 0.15) is 13.2 Å². The Morgan fingerprint density at radius 3 is 2.80 bits per heavy atom. The minimum Gasteiger partial charge on any atom is -0.486 e. The molecule has 1 heterocycles. The summed E-state index contributed by atoms with van der Waals surface area (Å²) in [6, 6.07) is 6.13. The normalized spacial score (nSPS) is 25.0. The second-order valence-corrected chi connectivity index (χ2v) is 5.41. The standard InChI is InChI=1S/C15H19NO4/c17-15(18)16-12-3-1-2-10(8-12)11-4-5-13-14(9-11)20-7-6-19-13/h4-5,9-10,12,16H,1-3,6-8H2,(H,17,18). The Balaban J connectivity index is 1.73. The third kappa shape index (κ3) is 2.81. The van der Waals surface area contributed by atoms with Crippen molar-refractivity contribution in [3.8, 4) is 11.5 Å². The van der Waals surface area contributed by atoms with E-state index in [9.17, 15) is 4.79 Å². The molecule has 1 saturated carbocycles. The molecule has 1 fully saturated rings. The molecule has 20 heavy (non-hydrogen) atoms. The molecule has 0 spiro atoms. The van der Waals surface area contributed by atoms with E-state index < -0.39 is 6.09 Å². The van der Waals surface area contributed by atoms with Gasteiger partial charge in [-0.05, 0) is 42.9 Å². The molecule has 2 N–H and O–H groups in total. The quantitative estimate of drug-likeness (QED) is 0.872. The average Bonchev–Trinajstić information content (AvgIpc) is 2.46. The number of fused-ring (bicyclic) bond motifs is 1. The zero-order valence-electron chi connectivity index (χ0n) is 11.3. The zero-order chi connectivity index (χ0) is 13.9. The summed E-state index contributed by atoms with van der Waals surface area (Å²) < 4.78 is 11.1. The number of carbonyl (C=O) groups is 1. The lowest BCUT2D eigenvalue weighted by Gasteiger charge is -2.30. The molecule has 108 valence electrons. The summed E-state index contributed by atoms with van der Waals surface area (Å²) in [7, 11) is 0. The van der Waals surface area contributed by atoms with Gasteiger partial charge >= 0.3 is 6.09 Å². The largest absolute Gasteiger partial charge is 0.486 e. The minimum atomic E-state index is -0.933. The van der Waals surface area contributed by atoms with Gasteiger partial charge in [-0.2, -0.15) is 0 Å². The predicted molar refractivity (Wildman–Crippen MR) is 73.6 cm³/mol. The fourth-order valence-electron chi connectivity index (χ4n) is 3.11. The van der Waals surface area contributed by atoms with Gasteiger partial charge in [-0.15, -0.1) is 0 Å². The molecular weight excluding hydrogens is 258 g/mol. The molecular formula is C15H19NO4. The first-order valence-corrected chi connectivity index (χ1v) is 7.11. The van der Waals surface area contributed by atoms with Crippen LogP contribution < -0.4 is 14.8 Å². The number of hydrogen-bond acceptors (Lipinski definition) is 3. The van der Waals surface area contributed by atoms with Crippen LogP contribution in [0.5, 0.6) is 11.5 Å². The number of ether oxygens (including phenoxy) is 2. The summed E-state index contributed by atoms with van der Waals surface area (Å²) in [6.45, 7) is 1.19. The van der Waals surface area contributed by atoms with Crippen LogP contribution in [0.15, 0.2) is 18.2 Å². The molecule has 1 amide bonds. The Labute approximate surface area is 117 Å². The molecule has 2 atom stereocenters. The van der Waals surface area contributed by atoms with Crippen LogP contribution in [0.4, 0.5) is 4.79 Å². The number of nitrogens with one attached hydrogen (secondary N) is 1. The lowest BCUT2D eigenvalue weighted by Crippen LogP contribution is -2.36. The number of hydrogen-bond donors (Lipinski definition) is 2. The molecule has 1 aromatic rings. The van der Waals surface area contributed by atoms with E-state index in [-0.39, 0.29) is 6.04 Å². The maximum absolute atomic E-state index is 10.8. The molecule has 1 aromatic carbocycles. The summed E-state index contributed by atoms with van der Waals surface area (Å²) >= 11 is 0. The second-order valence-electron chi connectivity index (χ2n) is 5.41. The number of amides is 1. The summed E-state index contributed by atoms with van der Waals surface area (Å²) in [5, 5.41) is 11.4. The van der Waals surface area contributed by atoms with Gasteiger partial charge in [-0.25, -0.2) is 4.79 Å². The highest BCUT2D eigenvalue weighted by molar-refractivity contribution is 5.64. The van der Waals surface area contributed by atoms with E-state index >= 15 is 0 Å². The topological polar surface area (TPSA) is 67.8 Å². The summed E-state index contributed by atoms with van der Waals surface area (Å²) in [5.41, 5.74) is 1.21. The molecule has 0 radical (unpaired) electrons. The van der Waals surface area contributed by atoms with E-state index in [1.807, 2.05) is 12.1 Å². The van der Waals surface area contributed by atoms with Crippen molar-refractivity contribution in [2.24, 2.45) is 0 Å². The van der Waals surface area contributed by atoms with Crippen molar-refractivity contribution in [3.05, 3.63) is 23.8 Å². The Hall–Kier alpha value is -1.91. The number of benzene rings is 1. The van der Waals surface area contributed by atoms with Gasteiger partial charge in [0, 0.05) is 6.04 Å². The van der Waals surface area contributed by atoms with Gasteiger partial charge in [0.2, 0.25) is 0 Å². The van der Waals surface area contributed by atoms with Gasteiger partial charge in [-0.3, -0.25) is 0 Å². The Bertz CT molecular complexity index is 503. The Morgan fingerprint density at radius 2 is 2.00 bits per heavy atom. The van der Waals surface area contributed by atoms with E-state index in [2.05, 4.69) is 11.4 Å². The van der Waals surface area contributed by atoms with Crippen LogP contribution in [0.3, 0.4) is 0 Å². The molecule has 3 rings (SSSR count). The Kier molecular flexibility index (Phi) is 3.67. The van der Waals surface area contributed by atoms with Crippen LogP contribution >= 0.6 is 0 Å². The molecule has 5 heteroatoms. The van der Waals surface area contributed by atoms with Crippen molar-refractivity contribution in [2.45, 2.75) is 37.6 Å². The van der Waals surface area contributed by atoms with Crippen molar-refractivity contribution < 1.29 is 19.4 Å². The fraction of sp³-hybridized carbons (Fsp3) is 0.533. The SMILES string of the molecule is O=C(O)NC1CCCC(c2ccc3c(c2)OCCO3)C1. The van der Waals surface area contributed by atoms with Crippen LogP contribution in [-0.2, 0) is 0 Å². The van der Waals surface area contributed by atoms with Gasteiger partial charge < -0.3 is 19.9 Å². The van der Waals surface area contributed by atoms with Crippen molar-refractivity contribution in [3.63, 3.8) is 0 Å². The smallest absolute Gasteiger partial charge is 0.404 e. The monoisotopic (exact) mass is 277 g/mol. The van der Waals surface area contributed by atoms with Crippen LogP contribution in [0, 0.1) is 0 Å². The van der Waals surface area contributed by atoms with Gasteiger partial charge in [0.15, 0.2) is 11.5 Å². The first-order valence-electron chi connectivity index (χ1n) is 7.11. The third-order valence-corrected chi connectivity index (χ3v) is 4.04. The fourth-order valence-corrected chi connectivity index (χ4v) is 3.11. The van der Waals surface area contributed by atoms with Crippen molar-refractivity contribution in [2.75, 3.05) is 13.2 Å². The van der Waals surface area contributed by atoms with E-state index in [0.717, 1.165) is 37.2 Å². The first-order chi connectivity index (χ1) is 9.72. The molecule has 1 aliphatic heterocycles. The summed E-state index contributed by atoms with van der Waals surface area (Å²) in [5.74, 6) is 1.99. The number of rotatable bonds is 2. The van der Waals surface area contributed by atoms with E-state index in [4.69, 9.17) is 14.6 Å². The predicted octanol–water partition coefficient (Wildman–Crippen LogP) is 2.75. The average molecular weight is 277 g/mol. The maximum atomic E-state index is 10.8. The van der Waals surface area contributed by atoms with E-state index in [1.165, 1.54) is 5.56 Å². The molecule has 5 nitrogen and oxygen atoms in total. The number of carboxylic acid groups (broad SMARTS) is 1. The van der Waals surface area contributed by atoms with Gasteiger partial charge in [0.25, 0.3) is 0 Å². The third-order valence-electron chi connectivity index (χ3n) is 4.04. The van der Waals surface area contributed by atoms with Crippen LogP contribution in [0.2, 0.25) is 0 Å². The minimum absolute atomic E-state index is 0.0550. The molecule has 0 aromatic heterocycles. The van der Waals surface area contributed by atoms with Crippen molar-refractivity contribution in [1.82, 2.24) is 5.32 Å². The summed E-state index contributed by atoms with van der Waals surface area (Å²) in [6.07, 6.45) is 2.98. The zero-order valence-corrected chi connectivity index (χ0v) is 11.3. The van der Waals surface area contributed by atoms with E-state index in [0.29, 0.717) is 19.1 Å². The Morgan fingerprint density at radius 1 is 1.20 bits per heavy atom. The van der Waals surface area contributed by atoms with Gasteiger partial charge in [0.05, 0.1) is 0 Å².